The van der Waals surface area contributed by atoms with E-state index in [1.807, 2.05) is 12.3 Å². The molecule has 1 N–H and O–H groups in total. The van der Waals surface area contributed by atoms with Gasteiger partial charge in [-0.15, -0.1) is 0 Å². The van der Waals surface area contributed by atoms with Gasteiger partial charge in [0.2, 0.25) is 0 Å². The second-order valence-electron chi connectivity index (χ2n) is 7.65. The van der Waals surface area contributed by atoms with Crippen molar-refractivity contribution < 1.29 is 4.90 Å². The van der Waals surface area contributed by atoms with E-state index < -0.39 is 0 Å². The molecule has 4 heteroatoms. The Bertz CT molecular complexity index is 958. The Labute approximate surface area is 166 Å². The molecule has 0 bridgehead atoms. The van der Waals surface area contributed by atoms with Gasteiger partial charge in [0, 0.05) is 29.1 Å². The van der Waals surface area contributed by atoms with Gasteiger partial charge >= 0.3 is 0 Å². The summed E-state index contributed by atoms with van der Waals surface area (Å²) in [5.74, 6) is 0. The van der Waals surface area contributed by atoms with Crippen molar-refractivity contribution in [3.63, 3.8) is 0 Å². The molecular formula is C24H25N4+. The molecular weight excluding hydrogens is 344 g/mol. The van der Waals surface area contributed by atoms with E-state index in [-0.39, 0.29) is 0 Å². The number of hydrogen-bond acceptors (Lipinski definition) is 3. The monoisotopic (exact) mass is 369 g/mol. The van der Waals surface area contributed by atoms with Crippen LogP contribution in [0.5, 0.6) is 0 Å². The van der Waals surface area contributed by atoms with Crippen molar-refractivity contribution in [3.8, 4) is 11.1 Å². The molecule has 0 unspecified atom stereocenters. The molecule has 2 heterocycles. The third kappa shape index (κ3) is 3.00. The van der Waals surface area contributed by atoms with Crippen molar-refractivity contribution in [3.05, 3.63) is 89.7 Å². The number of hydrogen-bond donors (Lipinski definition) is 1. The molecule has 3 aromatic rings. The lowest BCUT2D eigenvalue weighted by atomic mass is 10.0. The minimum Gasteiger partial charge on any atom is -0.322 e. The van der Waals surface area contributed by atoms with Crippen molar-refractivity contribution in [2.75, 3.05) is 26.2 Å². The summed E-state index contributed by atoms with van der Waals surface area (Å²) in [7, 11) is 0. The molecule has 4 nitrogen and oxygen atoms in total. The molecule has 140 valence electrons. The van der Waals surface area contributed by atoms with Crippen LogP contribution in [0.4, 0.5) is 0 Å². The standard InChI is InChI=1S/C24H24N4/c1-18(19-7-6-12-25-17-19)26-28-15-13-27(14-16-28)24-22-10-4-2-8-20(22)21-9-3-5-11-23(21)24/h2-12,17,24H,13-16H2,1H3/p+1/b26-18-. The molecule has 0 atom stereocenters. The first kappa shape index (κ1) is 17.1. The van der Waals surface area contributed by atoms with Crippen LogP contribution in [0.25, 0.3) is 11.1 Å². The van der Waals surface area contributed by atoms with Gasteiger partial charge in [0.15, 0.2) is 0 Å². The quantitative estimate of drug-likeness (QED) is 0.720. The minimum absolute atomic E-state index is 0.443. The molecule has 0 spiro atoms. The number of fused-ring (bicyclic) bond motifs is 3. The Morgan fingerprint density at radius 2 is 1.57 bits per heavy atom. The van der Waals surface area contributed by atoms with E-state index in [0.29, 0.717) is 6.04 Å². The lowest BCUT2D eigenvalue weighted by molar-refractivity contribution is -0.929. The maximum atomic E-state index is 4.85. The Morgan fingerprint density at radius 1 is 0.929 bits per heavy atom. The van der Waals surface area contributed by atoms with E-state index in [1.54, 1.807) is 11.1 Å². The summed E-state index contributed by atoms with van der Waals surface area (Å²) in [6.07, 6.45) is 3.68. The van der Waals surface area contributed by atoms with E-state index >= 15 is 0 Å². The van der Waals surface area contributed by atoms with E-state index in [2.05, 4.69) is 71.5 Å². The maximum absolute atomic E-state index is 4.85. The van der Waals surface area contributed by atoms with Crippen LogP contribution in [-0.4, -0.2) is 41.9 Å². The summed E-state index contributed by atoms with van der Waals surface area (Å²) in [4.78, 5) is 5.84. The number of hydrazone groups is 1. The van der Waals surface area contributed by atoms with Gasteiger partial charge in [0.25, 0.3) is 0 Å². The fourth-order valence-electron chi connectivity index (χ4n) is 4.61. The summed E-state index contributed by atoms with van der Waals surface area (Å²) in [5.41, 5.74) is 7.89. The highest BCUT2D eigenvalue weighted by Gasteiger charge is 2.37. The van der Waals surface area contributed by atoms with E-state index in [0.717, 1.165) is 37.5 Å². The summed E-state index contributed by atoms with van der Waals surface area (Å²) >= 11 is 0. The van der Waals surface area contributed by atoms with Gasteiger partial charge in [0.05, 0.1) is 31.9 Å². The molecule has 2 aliphatic rings. The molecule has 1 saturated heterocycles. The highest BCUT2D eigenvalue weighted by molar-refractivity contribution is 5.98. The maximum Gasteiger partial charge on any atom is 0.140 e. The average molecular weight is 369 g/mol. The highest BCUT2D eigenvalue weighted by atomic mass is 15.5. The lowest BCUT2D eigenvalue weighted by Crippen LogP contribution is -3.14. The molecule has 1 aliphatic heterocycles. The molecule has 1 aliphatic carbocycles. The number of quaternary nitrogens is 1. The Hall–Kier alpha value is -2.98. The fourth-order valence-corrected chi connectivity index (χ4v) is 4.61. The number of pyridine rings is 1. The zero-order chi connectivity index (χ0) is 18.9. The zero-order valence-corrected chi connectivity index (χ0v) is 16.2. The number of benzene rings is 2. The first-order valence-electron chi connectivity index (χ1n) is 10.0. The van der Waals surface area contributed by atoms with Gasteiger partial charge in [-0.25, -0.2) is 0 Å². The molecule has 1 aromatic heterocycles. The molecule has 0 amide bonds. The van der Waals surface area contributed by atoms with Gasteiger partial charge in [-0.1, -0.05) is 54.6 Å². The van der Waals surface area contributed by atoms with Crippen LogP contribution in [0.2, 0.25) is 0 Å². The predicted octanol–water partition coefficient (Wildman–Crippen LogP) is 2.78. The highest BCUT2D eigenvalue weighted by Crippen LogP contribution is 2.41. The summed E-state index contributed by atoms with van der Waals surface area (Å²) in [6.45, 7) is 6.22. The Morgan fingerprint density at radius 3 is 2.18 bits per heavy atom. The lowest BCUT2D eigenvalue weighted by Gasteiger charge is -2.35. The predicted molar refractivity (Wildman–Crippen MR) is 112 cm³/mol. The van der Waals surface area contributed by atoms with Crippen LogP contribution in [-0.2, 0) is 0 Å². The van der Waals surface area contributed by atoms with Crippen LogP contribution >= 0.6 is 0 Å². The van der Waals surface area contributed by atoms with Crippen LogP contribution in [0.3, 0.4) is 0 Å². The molecule has 0 saturated carbocycles. The number of piperazine rings is 1. The summed E-state index contributed by atoms with van der Waals surface area (Å²) in [5, 5.41) is 7.07. The van der Waals surface area contributed by atoms with Crippen LogP contribution in [0.1, 0.15) is 29.7 Å². The smallest absolute Gasteiger partial charge is 0.140 e. The number of nitrogens with one attached hydrogen (secondary N) is 1. The largest absolute Gasteiger partial charge is 0.322 e. The number of rotatable bonds is 3. The van der Waals surface area contributed by atoms with Crippen molar-refractivity contribution in [1.82, 2.24) is 9.99 Å². The van der Waals surface area contributed by atoms with Gasteiger partial charge in [-0.2, -0.15) is 5.10 Å². The van der Waals surface area contributed by atoms with Crippen LogP contribution < -0.4 is 4.90 Å². The van der Waals surface area contributed by atoms with E-state index in [1.165, 1.54) is 22.3 Å². The first-order valence-corrected chi connectivity index (χ1v) is 10.0. The van der Waals surface area contributed by atoms with E-state index in [9.17, 15) is 0 Å². The van der Waals surface area contributed by atoms with E-state index in [4.69, 9.17) is 5.10 Å². The van der Waals surface area contributed by atoms with Crippen LogP contribution in [0.15, 0.2) is 78.2 Å². The van der Waals surface area contributed by atoms with Gasteiger partial charge < -0.3 is 4.90 Å². The second-order valence-corrected chi connectivity index (χ2v) is 7.65. The Balaban J connectivity index is 1.35. The topological polar surface area (TPSA) is 32.9 Å². The summed E-state index contributed by atoms with van der Waals surface area (Å²) in [6, 6.07) is 22.3. The number of aromatic nitrogens is 1. The zero-order valence-electron chi connectivity index (χ0n) is 16.2. The Kier molecular flexibility index (Phi) is 4.41. The second kappa shape index (κ2) is 7.21. The van der Waals surface area contributed by atoms with Gasteiger partial charge in [-0.3, -0.25) is 9.99 Å². The minimum atomic E-state index is 0.443. The number of nitrogens with zero attached hydrogens (tertiary/aromatic N) is 3. The third-order valence-electron chi connectivity index (χ3n) is 5.99. The average Bonchev–Trinajstić information content (AvgIpc) is 3.09. The van der Waals surface area contributed by atoms with Crippen molar-refractivity contribution in [2.24, 2.45) is 5.10 Å². The SMILES string of the molecule is C/C(=N/N1CC[NH+](C2c3ccccc3-c3ccccc32)CC1)c1cccnc1. The van der Waals surface area contributed by atoms with Crippen molar-refractivity contribution in [2.45, 2.75) is 13.0 Å². The first-order chi connectivity index (χ1) is 13.8. The van der Waals surface area contributed by atoms with Gasteiger partial charge in [-0.05, 0) is 24.1 Å². The molecule has 0 radical (unpaired) electrons. The normalized spacial score (nSPS) is 17.5. The van der Waals surface area contributed by atoms with Gasteiger partial charge in [0.1, 0.15) is 6.04 Å². The third-order valence-corrected chi connectivity index (χ3v) is 5.99. The molecule has 2 aromatic carbocycles. The summed E-state index contributed by atoms with van der Waals surface area (Å²) < 4.78 is 0. The van der Waals surface area contributed by atoms with Crippen LogP contribution in [0, 0.1) is 0 Å². The van der Waals surface area contributed by atoms with Crippen molar-refractivity contribution >= 4 is 5.71 Å². The van der Waals surface area contributed by atoms with Crippen molar-refractivity contribution in [1.29, 1.82) is 0 Å². The molecule has 1 fully saturated rings. The fraction of sp³-hybridized carbons (Fsp3) is 0.250. The molecule has 5 rings (SSSR count). The molecule has 28 heavy (non-hydrogen) atoms.